The first kappa shape index (κ1) is 18.1. The van der Waals surface area contributed by atoms with Crippen LogP contribution in [0.2, 0.25) is 0 Å². The fraction of sp³-hybridized carbons (Fsp3) is 0.529. The molecule has 1 unspecified atom stereocenters. The van der Waals surface area contributed by atoms with E-state index in [9.17, 15) is 9.90 Å². The predicted octanol–water partition coefficient (Wildman–Crippen LogP) is 1.26. The Bertz CT molecular complexity index is 559. The molecule has 0 spiro atoms. The van der Waals surface area contributed by atoms with Crippen molar-refractivity contribution in [1.82, 2.24) is 10.2 Å². The Morgan fingerprint density at radius 2 is 2.17 bits per heavy atom. The summed E-state index contributed by atoms with van der Waals surface area (Å²) in [6.07, 6.45) is 1.07. The molecule has 1 atom stereocenters. The molecule has 1 heterocycles. The standard InChI is InChI=1S/C17H26N4O3/c1-3-18-17(21-9-8-13(11-21)12-24-2)19-10-16(23)20-14-4-6-15(22)7-5-14/h4-7,13,22H,3,8-12H2,1-2H3,(H,18,19)(H,20,23). The van der Waals surface area contributed by atoms with Gasteiger partial charge in [0.2, 0.25) is 5.91 Å². The van der Waals surface area contributed by atoms with E-state index in [1.54, 1.807) is 19.2 Å². The van der Waals surface area contributed by atoms with Gasteiger partial charge in [-0.05, 0) is 37.6 Å². The van der Waals surface area contributed by atoms with Crippen molar-refractivity contribution in [3.63, 3.8) is 0 Å². The number of nitrogens with zero attached hydrogens (tertiary/aromatic N) is 2. The molecule has 1 aliphatic rings. The molecule has 1 aliphatic heterocycles. The first-order valence-electron chi connectivity index (χ1n) is 8.23. The Balaban J connectivity index is 1.90. The average Bonchev–Trinajstić information content (AvgIpc) is 3.02. The maximum Gasteiger partial charge on any atom is 0.246 e. The van der Waals surface area contributed by atoms with E-state index in [4.69, 9.17) is 4.74 Å². The van der Waals surface area contributed by atoms with Gasteiger partial charge in [-0.15, -0.1) is 0 Å². The Kier molecular flexibility index (Phi) is 6.87. The minimum absolute atomic E-state index is 0.0503. The number of carbonyl (C=O) groups excluding carboxylic acids is 1. The quantitative estimate of drug-likeness (QED) is 0.414. The van der Waals surface area contributed by atoms with Crippen molar-refractivity contribution >= 4 is 17.6 Å². The van der Waals surface area contributed by atoms with E-state index in [0.29, 0.717) is 11.6 Å². The highest BCUT2D eigenvalue weighted by atomic mass is 16.5. The third kappa shape index (κ3) is 5.42. The van der Waals surface area contributed by atoms with Gasteiger partial charge in [-0.1, -0.05) is 0 Å². The number of amides is 1. The van der Waals surface area contributed by atoms with Crippen molar-refractivity contribution in [2.24, 2.45) is 10.9 Å². The van der Waals surface area contributed by atoms with E-state index < -0.39 is 0 Å². The van der Waals surface area contributed by atoms with E-state index in [1.165, 1.54) is 12.1 Å². The zero-order valence-electron chi connectivity index (χ0n) is 14.3. The summed E-state index contributed by atoms with van der Waals surface area (Å²) >= 11 is 0. The van der Waals surface area contributed by atoms with Crippen LogP contribution in [0.4, 0.5) is 5.69 Å². The molecule has 1 aromatic carbocycles. The van der Waals surface area contributed by atoms with Crippen molar-refractivity contribution in [3.05, 3.63) is 24.3 Å². The summed E-state index contributed by atoms with van der Waals surface area (Å²) in [6.45, 7) is 5.36. The van der Waals surface area contributed by atoms with Gasteiger partial charge in [0, 0.05) is 38.3 Å². The first-order chi connectivity index (χ1) is 11.6. The lowest BCUT2D eigenvalue weighted by molar-refractivity contribution is -0.114. The summed E-state index contributed by atoms with van der Waals surface area (Å²) in [4.78, 5) is 18.6. The molecule has 0 bridgehead atoms. The maximum absolute atomic E-state index is 12.0. The Labute approximate surface area is 142 Å². The van der Waals surface area contributed by atoms with Gasteiger partial charge in [0.25, 0.3) is 0 Å². The number of aromatic hydroxyl groups is 1. The average molecular weight is 334 g/mol. The van der Waals surface area contributed by atoms with Crippen LogP contribution >= 0.6 is 0 Å². The number of rotatable bonds is 6. The number of methoxy groups -OCH3 is 1. The van der Waals surface area contributed by atoms with Crippen LogP contribution in [0.15, 0.2) is 29.3 Å². The lowest BCUT2D eigenvalue weighted by Gasteiger charge is -2.21. The zero-order valence-corrected chi connectivity index (χ0v) is 14.3. The van der Waals surface area contributed by atoms with Crippen molar-refractivity contribution in [2.45, 2.75) is 13.3 Å². The first-order valence-corrected chi connectivity index (χ1v) is 8.23. The van der Waals surface area contributed by atoms with Crippen LogP contribution in [-0.4, -0.2) is 61.8 Å². The number of hydrogen-bond donors (Lipinski definition) is 3. The highest BCUT2D eigenvalue weighted by Crippen LogP contribution is 2.16. The number of aliphatic imine (C=N–C) groups is 1. The van der Waals surface area contributed by atoms with Crippen LogP contribution in [0.25, 0.3) is 0 Å². The Morgan fingerprint density at radius 1 is 1.42 bits per heavy atom. The summed E-state index contributed by atoms with van der Waals surface area (Å²) in [5.74, 6) is 1.24. The molecule has 1 amide bonds. The third-order valence-corrected chi connectivity index (χ3v) is 3.85. The van der Waals surface area contributed by atoms with Crippen molar-refractivity contribution in [3.8, 4) is 5.75 Å². The van der Waals surface area contributed by atoms with Gasteiger partial charge in [0.1, 0.15) is 12.3 Å². The Morgan fingerprint density at radius 3 is 2.83 bits per heavy atom. The lowest BCUT2D eigenvalue weighted by Crippen LogP contribution is -2.40. The zero-order chi connectivity index (χ0) is 17.4. The third-order valence-electron chi connectivity index (χ3n) is 3.85. The highest BCUT2D eigenvalue weighted by molar-refractivity contribution is 5.94. The molecule has 0 aliphatic carbocycles. The molecule has 1 aromatic rings. The molecule has 24 heavy (non-hydrogen) atoms. The van der Waals surface area contributed by atoms with Crippen molar-refractivity contribution in [1.29, 1.82) is 0 Å². The summed E-state index contributed by atoms with van der Waals surface area (Å²) in [6, 6.07) is 6.36. The molecule has 0 saturated carbocycles. The van der Waals surface area contributed by atoms with Crippen LogP contribution in [0.3, 0.4) is 0 Å². The number of phenolic OH excluding ortho intramolecular Hbond substituents is 1. The van der Waals surface area contributed by atoms with Gasteiger partial charge >= 0.3 is 0 Å². The summed E-state index contributed by atoms with van der Waals surface area (Å²) < 4.78 is 5.22. The summed E-state index contributed by atoms with van der Waals surface area (Å²) in [7, 11) is 1.72. The number of benzene rings is 1. The smallest absolute Gasteiger partial charge is 0.246 e. The number of likely N-dealkylation sites (tertiary alicyclic amines) is 1. The van der Waals surface area contributed by atoms with E-state index in [0.717, 1.165) is 38.6 Å². The molecule has 7 heteroatoms. The van der Waals surface area contributed by atoms with Gasteiger partial charge in [-0.25, -0.2) is 4.99 Å². The number of nitrogens with one attached hydrogen (secondary N) is 2. The SMILES string of the molecule is CCNC(=NCC(=O)Nc1ccc(O)cc1)N1CCC(COC)C1. The van der Waals surface area contributed by atoms with Crippen molar-refractivity contribution in [2.75, 3.05) is 45.2 Å². The number of carbonyl (C=O) groups is 1. The second kappa shape index (κ2) is 9.12. The van der Waals surface area contributed by atoms with E-state index in [-0.39, 0.29) is 18.2 Å². The molecular formula is C17H26N4O3. The van der Waals surface area contributed by atoms with Crippen LogP contribution in [0, 0.1) is 5.92 Å². The van der Waals surface area contributed by atoms with Crippen molar-refractivity contribution < 1.29 is 14.6 Å². The molecule has 1 saturated heterocycles. The van der Waals surface area contributed by atoms with Gasteiger partial charge in [-0.3, -0.25) is 4.79 Å². The molecule has 7 nitrogen and oxygen atoms in total. The van der Waals surface area contributed by atoms with Crippen LogP contribution in [0.1, 0.15) is 13.3 Å². The van der Waals surface area contributed by atoms with Gasteiger partial charge in [0.15, 0.2) is 5.96 Å². The van der Waals surface area contributed by atoms with E-state index in [2.05, 4.69) is 20.5 Å². The topological polar surface area (TPSA) is 86.2 Å². The van der Waals surface area contributed by atoms with Crippen LogP contribution < -0.4 is 10.6 Å². The Hall–Kier alpha value is -2.28. The molecule has 0 radical (unpaired) electrons. The lowest BCUT2D eigenvalue weighted by atomic mass is 10.1. The second-order valence-corrected chi connectivity index (χ2v) is 5.82. The number of guanidine groups is 1. The van der Waals surface area contributed by atoms with Gasteiger partial charge in [0.05, 0.1) is 6.61 Å². The number of ether oxygens (including phenoxy) is 1. The summed E-state index contributed by atoms with van der Waals surface area (Å²) in [5, 5.41) is 15.2. The molecule has 0 aromatic heterocycles. The van der Waals surface area contributed by atoms with Crippen LogP contribution in [-0.2, 0) is 9.53 Å². The highest BCUT2D eigenvalue weighted by Gasteiger charge is 2.24. The number of hydrogen-bond acceptors (Lipinski definition) is 4. The second-order valence-electron chi connectivity index (χ2n) is 5.82. The fourth-order valence-corrected chi connectivity index (χ4v) is 2.71. The minimum Gasteiger partial charge on any atom is -0.508 e. The molecule has 132 valence electrons. The maximum atomic E-state index is 12.0. The largest absolute Gasteiger partial charge is 0.508 e. The van der Waals surface area contributed by atoms with E-state index in [1.807, 2.05) is 6.92 Å². The van der Waals surface area contributed by atoms with Crippen LogP contribution in [0.5, 0.6) is 5.75 Å². The molecular weight excluding hydrogens is 308 g/mol. The van der Waals surface area contributed by atoms with Gasteiger partial charge < -0.3 is 25.4 Å². The molecule has 1 fully saturated rings. The monoisotopic (exact) mass is 334 g/mol. The normalized spacial score (nSPS) is 17.8. The van der Waals surface area contributed by atoms with Gasteiger partial charge in [-0.2, -0.15) is 0 Å². The predicted molar refractivity (Wildman–Crippen MR) is 94.3 cm³/mol. The minimum atomic E-state index is -0.191. The molecule has 3 N–H and O–H groups in total. The fourth-order valence-electron chi connectivity index (χ4n) is 2.71. The summed E-state index contributed by atoms with van der Waals surface area (Å²) in [5.41, 5.74) is 0.638. The number of phenols is 1. The van der Waals surface area contributed by atoms with E-state index >= 15 is 0 Å². The number of anilines is 1. The molecule has 2 rings (SSSR count).